The Labute approximate surface area is 148 Å². The Bertz CT molecular complexity index is 511. The third-order valence-electron chi connectivity index (χ3n) is 2.33. The number of alkyl carbamates (subject to hydrolysis) is 1. The maximum Gasteiger partial charge on any atom is 0.408 e. The highest BCUT2D eigenvalue weighted by Crippen LogP contribution is 2.27. The van der Waals surface area contributed by atoms with Crippen LogP contribution < -0.4 is 5.32 Å². The van der Waals surface area contributed by atoms with E-state index >= 15 is 0 Å². The van der Waals surface area contributed by atoms with Crippen LogP contribution in [0.15, 0.2) is 5.11 Å². The molecule has 0 bridgehead atoms. The Morgan fingerprint density at radius 1 is 1.46 bits per heavy atom. The highest BCUT2D eigenvalue weighted by molar-refractivity contribution is 8.76. The van der Waals surface area contributed by atoms with E-state index in [4.69, 9.17) is 20.3 Å². The number of nitriles is 1. The van der Waals surface area contributed by atoms with Crippen LogP contribution in [0.25, 0.3) is 10.4 Å². The van der Waals surface area contributed by atoms with E-state index in [0.717, 1.165) is 0 Å². The zero-order valence-electron chi connectivity index (χ0n) is 14.0. The zero-order chi connectivity index (χ0) is 18.6. The summed E-state index contributed by atoms with van der Waals surface area (Å²) in [6.07, 6.45) is 1.25. The smallest absolute Gasteiger partial charge is 0.408 e. The molecule has 24 heavy (non-hydrogen) atoms. The van der Waals surface area contributed by atoms with Crippen molar-refractivity contribution in [3.8, 4) is 6.07 Å². The van der Waals surface area contributed by atoms with Crippen LogP contribution in [0.2, 0.25) is 0 Å². The molecular weight excluding hydrogens is 354 g/mol. The summed E-state index contributed by atoms with van der Waals surface area (Å²) >= 11 is 0. The van der Waals surface area contributed by atoms with E-state index in [-0.39, 0.29) is 18.2 Å². The number of nitrogens with one attached hydrogen (secondary N) is 1. The van der Waals surface area contributed by atoms with E-state index in [9.17, 15) is 9.59 Å². The Balaban J connectivity index is 5.01. The monoisotopic (exact) mass is 375 g/mol. The molecule has 0 aromatic heterocycles. The normalized spacial score (nSPS) is 13.0. The topological polar surface area (TPSA) is 137 Å². The number of rotatable bonds is 9. The molecule has 0 aromatic carbocycles. The van der Waals surface area contributed by atoms with Gasteiger partial charge in [-0.1, -0.05) is 26.7 Å². The molecule has 9 nitrogen and oxygen atoms in total. The number of azide groups is 1. The van der Waals surface area contributed by atoms with Gasteiger partial charge in [-0.05, 0) is 39.0 Å². The third-order valence-corrected chi connectivity index (χ3v) is 4.53. The summed E-state index contributed by atoms with van der Waals surface area (Å²) in [6, 6.07) is 0.687. The highest BCUT2D eigenvalue weighted by atomic mass is 33.1. The molecule has 0 radical (unpaired) electrons. The number of esters is 1. The lowest BCUT2D eigenvalue weighted by Crippen LogP contribution is -2.45. The van der Waals surface area contributed by atoms with Crippen LogP contribution in [0.1, 0.15) is 27.2 Å². The number of amides is 1. The molecular formula is C13H21N5O4S2. The standard InChI is InChI=1S/C13H21N5O4S2/c1-13(2,3)22-12(20)17-10(11(19)21-6-5-14)7-9(24-23-4)8-16-18-15/h9-10H,6-8H2,1-4H3,(H,17,20)/t9?,10-/m0/s1. The first-order valence-corrected chi connectivity index (χ1v) is 9.59. The van der Waals surface area contributed by atoms with Crippen molar-refractivity contribution in [3.05, 3.63) is 10.4 Å². The summed E-state index contributed by atoms with van der Waals surface area (Å²) in [4.78, 5) is 26.7. The predicted octanol–water partition coefficient (Wildman–Crippen LogP) is 3.03. The summed E-state index contributed by atoms with van der Waals surface area (Å²) in [5.41, 5.74) is 7.72. The van der Waals surface area contributed by atoms with Gasteiger partial charge >= 0.3 is 12.1 Å². The molecule has 0 rings (SSSR count). The molecule has 0 aliphatic rings. The summed E-state index contributed by atoms with van der Waals surface area (Å²) in [7, 11) is 2.86. The number of hydrogen-bond donors (Lipinski definition) is 1. The Hall–Kier alpha value is -1.76. The minimum absolute atomic E-state index is 0.153. The van der Waals surface area contributed by atoms with Crippen molar-refractivity contribution in [2.24, 2.45) is 5.11 Å². The van der Waals surface area contributed by atoms with Crippen LogP contribution in [0.3, 0.4) is 0 Å². The number of carbonyl (C=O) groups excluding carboxylic acids is 2. The molecule has 1 N–H and O–H groups in total. The minimum Gasteiger partial charge on any atom is -0.449 e. The van der Waals surface area contributed by atoms with Gasteiger partial charge in [0.15, 0.2) is 6.61 Å². The van der Waals surface area contributed by atoms with Crippen molar-refractivity contribution in [1.29, 1.82) is 5.26 Å². The van der Waals surface area contributed by atoms with Gasteiger partial charge in [0.25, 0.3) is 0 Å². The summed E-state index contributed by atoms with van der Waals surface area (Å²) in [5, 5.41) is 14.2. The highest BCUT2D eigenvalue weighted by Gasteiger charge is 2.28. The van der Waals surface area contributed by atoms with Crippen LogP contribution in [0.4, 0.5) is 4.79 Å². The van der Waals surface area contributed by atoms with Gasteiger partial charge in [-0.25, -0.2) is 9.59 Å². The second-order valence-electron chi connectivity index (χ2n) is 5.50. The van der Waals surface area contributed by atoms with E-state index in [1.165, 1.54) is 21.6 Å². The molecule has 1 amide bonds. The van der Waals surface area contributed by atoms with Crippen LogP contribution in [-0.4, -0.2) is 48.4 Å². The molecule has 0 aliphatic heterocycles. The van der Waals surface area contributed by atoms with E-state index in [1.54, 1.807) is 26.8 Å². The molecule has 0 saturated carbocycles. The third kappa shape index (κ3) is 10.9. The van der Waals surface area contributed by atoms with Crippen molar-refractivity contribution < 1.29 is 19.1 Å². The van der Waals surface area contributed by atoms with Crippen LogP contribution >= 0.6 is 21.6 Å². The SMILES string of the molecule is CSSC(CN=[N+]=[N-])C[C@H](NC(=O)OC(C)(C)C)C(=O)OCC#N. The molecule has 0 fully saturated rings. The summed E-state index contributed by atoms with van der Waals surface area (Å²) in [5.74, 6) is -0.741. The number of nitrogens with zero attached hydrogens (tertiary/aromatic N) is 4. The first-order valence-electron chi connectivity index (χ1n) is 6.97. The second-order valence-corrected chi connectivity index (χ2v) is 8.27. The second kappa shape index (κ2) is 11.7. The van der Waals surface area contributed by atoms with Gasteiger partial charge in [0.05, 0.1) is 0 Å². The molecule has 1 unspecified atom stereocenters. The average molecular weight is 375 g/mol. The molecule has 0 aliphatic carbocycles. The fraction of sp³-hybridized carbons (Fsp3) is 0.769. The van der Waals surface area contributed by atoms with E-state index in [1.807, 2.05) is 6.26 Å². The maximum atomic E-state index is 12.1. The maximum absolute atomic E-state index is 12.1. The van der Waals surface area contributed by atoms with Gasteiger partial charge in [-0.15, -0.1) is 0 Å². The molecule has 134 valence electrons. The average Bonchev–Trinajstić information content (AvgIpc) is 2.47. The van der Waals surface area contributed by atoms with Gasteiger partial charge in [-0.3, -0.25) is 0 Å². The molecule has 11 heteroatoms. The molecule has 0 saturated heterocycles. The fourth-order valence-corrected chi connectivity index (χ4v) is 3.44. The van der Waals surface area contributed by atoms with E-state index in [2.05, 4.69) is 15.3 Å². The van der Waals surface area contributed by atoms with Crippen molar-refractivity contribution in [2.45, 2.75) is 44.1 Å². The van der Waals surface area contributed by atoms with Crippen molar-refractivity contribution in [2.75, 3.05) is 19.4 Å². The van der Waals surface area contributed by atoms with E-state index < -0.39 is 30.3 Å². The Morgan fingerprint density at radius 2 is 2.12 bits per heavy atom. The fourth-order valence-electron chi connectivity index (χ4n) is 1.54. The first kappa shape index (κ1) is 22.2. The molecule has 0 spiro atoms. The Morgan fingerprint density at radius 3 is 2.62 bits per heavy atom. The zero-order valence-corrected chi connectivity index (χ0v) is 15.6. The van der Waals surface area contributed by atoms with Crippen LogP contribution in [-0.2, 0) is 14.3 Å². The van der Waals surface area contributed by atoms with Gasteiger partial charge < -0.3 is 14.8 Å². The first-order chi connectivity index (χ1) is 11.2. The molecule has 0 aromatic rings. The van der Waals surface area contributed by atoms with Gasteiger partial charge in [0.2, 0.25) is 0 Å². The largest absolute Gasteiger partial charge is 0.449 e. The van der Waals surface area contributed by atoms with Crippen LogP contribution in [0.5, 0.6) is 0 Å². The molecule has 2 atom stereocenters. The van der Waals surface area contributed by atoms with Crippen LogP contribution in [0, 0.1) is 11.3 Å². The Kier molecular flexibility index (Phi) is 10.9. The summed E-state index contributed by atoms with van der Waals surface area (Å²) < 4.78 is 9.91. The molecule has 0 heterocycles. The lowest BCUT2D eigenvalue weighted by molar-refractivity contribution is -0.144. The summed E-state index contributed by atoms with van der Waals surface area (Å²) in [6.45, 7) is 4.83. The van der Waals surface area contributed by atoms with Gasteiger partial charge in [0.1, 0.15) is 17.7 Å². The quantitative estimate of drug-likeness (QED) is 0.215. The lowest BCUT2D eigenvalue weighted by Gasteiger charge is -2.24. The number of carbonyl (C=O) groups is 2. The van der Waals surface area contributed by atoms with Crippen molar-refractivity contribution in [1.82, 2.24) is 5.32 Å². The van der Waals surface area contributed by atoms with E-state index in [0.29, 0.717) is 0 Å². The lowest BCUT2D eigenvalue weighted by atomic mass is 10.1. The van der Waals surface area contributed by atoms with Gasteiger partial charge in [0, 0.05) is 16.7 Å². The van der Waals surface area contributed by atoms with Crippen molar-refractivity contribution in [3.63, 3.8) is 0 Å². The minimum atomic E-state index is -1.01. The predicted molar refractivity (Wildman–Crippen MR) is 93.3 cm³/mol. The number of hydrogen-bond acceptors (Lipinski definition) is 8. The number of ether oxygens (including phenoxy) is 2. The van der Waals surface area contributed by atoms with Crippen molar-refractivity contribution >= 4 is 33.7 Å². The van der Waals surface area contributed by atoms with Gasteiger partial charge in [-0.2, -0.15) is 5.26 Å².